The van der Waals surface area contributed by atoms with E-state index in [0.29, 0.717) is 17.8 Å². The Morgan fingerprint density at radius 1 is 1.30 bits per heavy atom. The third kappa shape index (κ3) is 2.16. The van der Waals surface area contributed by atoms with Gasteiger partial charge in [0.05, 0.1) is 5.69 Å². The third-order valence-corrected chi connectivity index (χ3v) is 4.69. The fraction of sp³-hybridized carbons (Fsp3) is 0.533. The SMILES string of the molecule is CN1C2CCC1CN(c1cccc(F)c1C(=O)O)CC2. The highest BCUT2D eigenvalue weighted by Gasteiger charge is 2.35. The maximum absolute atomic E-state index is 13.8. The van der Waals surface area contributed by atoms with Crippen molar-refractivity contribution in [2.75, 3.05) is 25.0 Å². The number of anilines is 1. The normalized spacial score (nSPS) is 26.6. The molecule has 2 bridgehead atoms. The molecule has 2 saturated heterocycles. The average molecular weight is 278 g/mol. The van der Waals surface area contributed by atoms with Gasteiger partial charge in [0.1, 0.15) is 11.4 Å². The number of likely N-dealkylation sites (N-methyl/N-ethyl adjacent to an activating group) is 1. The van der Waals surface area contributed by atoms with Crippen LogP contribution in [-0.4, -0.2) is 48.2 Å². The van der Waals surface area contributed by atoms with Crippen molar-refractivity contribution in [3.8, 4) is 0 Å². The standard InChI is InChI=1S/C15H19FN2O2/c1-17-10-5-6-11(17)9-18(8-7-10)13-4-2-3-12(16)14(13)15(19)20/h2-4,10-11H,5-9H2,1H3,(H,19,20). The summed E-state index contributed by atoms with van der Waals surface area (Å²) in [6.45, 7) is 1.56. The van der Waals surface area contributed by atoms with E-state index in [2.05, 4.69) is 11.9 Å². The van der Waals surface area contributed by atoms with Crippen molar-refractivity contribution in [3.63, 3.8) is 0 Å². The van der Waals surface area contributed by atoms with E-state index in [4.69, 9.17) is 0 Å². The second-order valence-corrected chi connectivity index (χ2v) is 5.72. The Balaban J connectivity index is 1.94. The molecule has 0 radical (unpaired) electrons. The Kier molecular flexibility index (Phi) is 3.38. The Hall–Kier alpha value is -1.62. The molecule has 0 spiro atoms. The fourth-order valence-corrected chi connectivity index (χ4v) is 3.52. The van der Waals surface area contributed by atoms with Gasteiger partial charge < -0.3 is 10.0 Å². The summed E-state index contributed by atoms with van der Waals surface area (Å²) in [4.78, 5) is 15.7. The molecule has 108 valence electrons. The fourth-order valence-electron chi connectivity index (χ4n) is 3.52. The molecule has 20 heavy (non-hydrogen) atoms. The molecule has 2 aliphatic heterocycles. The molecule has 1 aromatic carbocycles. The number of rotatable bonds is 2. The van der Waals surface area contributed by atoms with Gasteiger partial charge in [-0.25, -0.2) is 9.18 Å². The van der Waals surface area contributed by atoms with Gasteiger partial charge in [0.25, 0.3) is 0 Å². The molecule has 3 rings (SSSR count). The highest BCUT2D eigenvalue weighted by molar-refractivity contribution is 5.94. The summed E-state index contributed by atoms with van der Waals surface area (Å²) in [5, 5.41) is 9.25. The molecule has 1 N–H and O–H groups in total. The van der Waals surface area contributed by atoms with Crippen molar-refractivity contribution in [2.24, 2.45) is 0 Å². The predicted octanol–water partition coefficient (Wildman–Crippen LogP) is 2.20. The van der Waals surface area contributed by atoms with Crippen molar-refractivity contribution in [3.05, 3.63) is 29.6 Å². The molecule has 4 nitrogen and oxygen atoms in total. The topological polar surface area (TPSA) is 43.8 Å². The lowest BCUT2D eigenvalue weighted by Gasteiger charge is -2.28. The van der Waals surface area contributed by atoms with Gasteiger partial charge >= 0.3 is 5.97 Å². The van der Waals surface area contributed by atoms with Crippen LogP contribution in [0, 0.1) is 5.82 Å². The number of halogens is 1. The third-order valence-electron chi connectivity index (χ3n) is 4.69. The number of nitrogens with zero attached hydrogens (tertiary/aromatic N) is 2. The van der Waals surface area contributed by atoms with Crippen molar-refractivity contribution in [1.82, 2.24) is 4.90 Å². The maximum atomic E-state index is 13.8. The Labute approximate surface area is 117 Å². The van der Waals surface area contributed by atoms with Crippen LogP contribution in [0.5, 0.6) is 0 Å². The molecule has 5 heteroatoms. The molecule has 2 aliphatic rings. The highest BCUT2D eigenvalue weighted by atomic mass is 19.1. The average Bonchev–Trinajstić information content (AvgIpc) is 2.62. The zero-order chi connectivity index (χ0) is 14.3. The van der Waals surface area contributed by atoms with E-state index in [1.807, 2.05) is 4.90 Å². The summed E-state index contributed by atoms with van der Waals surface area (Å²) in [5.41, 5.74) is 0.311. The Bertz CT molecular complexity index is 535. The van der Waals surface area contributed by atoms with Crippen LogP contribution in [0.1, 0.15) is 29.6 Å². The zero-order valence-corrected chi connectivity index (χ0v) is 11.6. The molecule has 1 aromatic rings. The van der Waals surface area contributed by atoms with Crippen molar-refractivity contribution >= 4 is 11.7 Å². The summed E-state index contributed by atoms with van der Waals surface area (Å²) in [5.74, 6) is -1.85. The van der Waals surface area contributed by atoms with E-state index in [1.54, 1.807) is 12.1 Å². The smallest absolute Gasteiger partial charge is 0.340 e. The van der Waals surface area contributed by atoms with E-state index >= 15 is 0 Å². The van der Waals surface area contributed by atoms with E-state index in [1.165, 1.54) is 12.5 Å². The van der Waals surface area contributed by atoms with E-state index in [0.717, 1.165) is 25.9 Å². The number of benzene rings is 1. The number of carboxylic acids is 1. The van der Waals surface area contributed by atoms with Gasteiger partial charge in [-0.3, -0.25) is 4.90 Å². The number of carbonyl (C=O) groups is 1. The van der Waals surface area contributed by atoms with Gasteiger partial charge in [0.2, 0.25) is 0 Å². The molecule has 0 aliphatic carbocycles. The Morgan fingerprint density at radius 2 is 2.05 bits per heavy atom. The van der Waals surface area contributed by atoms with Crippen LogP contribution < -0.4 is 4.90 Å². The van der Waals surface area contributed by atoms with Gasteiger partial charge in [-0.1, -0.05) is 6.07 Å². The largest absolute Gasteiger partial charge is 0.478 e. The lowest BCUT2D eigenvalue weighted by molar-refractivity contribution is 0.0692. The minimum atomic E-state index is -1.19. The van der Waals surface area contributed by atoms with E-state index in [9.17, 15) is 14.3 Å². The minimum absolute atomic E-state index is 0.201. The summed E-state index contributed by atoms with van der Waals surface area (Å²) >= 11 is 0. The first-order chi connectivity index (χ1) is 9.58. The van der Waals surface area contributed by atoms with Crippen LogP contribution >= 0.6 is 0 Å². The second kappa shape index (κ2) is 5.05. The molecule has 0 aromatic heterocycles. The quantitative estimate of drug-likeness (QED) is 0.900. The first-order valence-electron chi connectivity index (χ1n) is 7.06. The van der Waals surface area contributed by atoms with Crippen LogP contribution in [0.2, 0.25) is 0 Å². The molecule has 2 unspecified atom stereocenters. The first kappa shape index (κ1) is 13.4. The van der Waals surface area contributed by atoms with Gasteiger partial charge in [0, 0.05) is 25.2 Å². The van der Waals surface area contributed by atoms with Gasteiger partial charge in [0.15, 0.2) is 0 Å². The van der Waals surface area contributed by atoms with Crippen molar-refractivity contribution in [1.29, 1.82) is 0 Å². The molecule has 0 saturated carbocycles. The summed E-state index contributed by atoms with van der Waals surface area (Å²) < 4.78 is 13.8. The summed E-state index contributed by atoms with van der Waals surface area (Å²) in [6, 6.07) is 5.53. The lowest BCUT2D eigenvalue weighted by Crippen LogP contribution is -2.37. The molecular formula is C15H19FN2O2. The van der Waals surface area contributed by atoms with Crippen LogP contribution in [0.3, 0.4) is 0 Å². The van der Waals surface area contributed by atoms with E-state index < -0.39 is 11.8 Å². The van der Waals surface area contributed by atoms with Gasteiger partial charge in [-0.2, -0.15) is 0 Å². The molecule has 2 fully saturated rings. The number of fused-ring (bicyclic) bond motifs is 2. The van der Waals surface area contributed by atoms with E-state index in [-0.39, 0.29) is 5.56 Å². The summed E-state index contributed by atoms with van der Waals surface area (Å²) in [6.07, 6.45) is 3.35. The number of hydrogen-bond donors (Lipinski definition) is 1. The van der Waals surface area contributed by atoms with Gasteiger partial charge in [-0.15, -0.1) is 0 Å². The monoisotopic (exact) mass is 278 g/mol. The van der Waals surface area contributed by atoms with Gasteiger partial charge in [-0.05, 0) is 38.4 Å². The zero-order valence-electron chi connectivity index (χ0n) is 11.6. The molecule has 0 amide bonds. The predicted molar refractivity (Wildman–Crippen MR) is 74.8 cm³/mol. The number of hydrogen-bond acceptors (Lipinski definition) is 3. The molecule has 2 heterocycles. The first-order valence-corrected chi connectivity index (χ1v) is 7.06. The maximum Gasteiger partial charge on any atom is 0.340 e. The van der Waals surface area contributed by atoms with Crippen LogP contribution in [-0.2, 0) is 0 Å². The second-order valence-electron chi connectivity index (χ2n) is 5.72. The van der Waals surface area contributed by atoms with Crippen LogP contribution in [0.15, 0.2) is 18.2 Å². The number of aromatic carboxylic acids is 1. The number of carboxylic acid groups (broad SMARTS) is 1. The van der Waals surface area contributed by atoms with Crippen molar-refractivity contribution < 1.29 is 14.3 Å². The summed E-state index contributed by atoms with van der Waals surface area (Å²) in [7, 11) is 2.13. The molecule has 2 atom stereocenters. The lowest BCUT2D eigenvalue weighted by atomic mass is 10.1. The van der Waals surface area contributed by atoms with Crippen molar-refractivity contribution in [2.45, 2.75) is 31.3 Å². The van der Waals surface area contributed by atoms with Crippen LogP contribution in [0.25, 0.3) is 0 Å². The minimum Gasteiger partial charge on any atom is -0.478 e. The van der Waals surface area contributed by atoms with Crippen LogP contribution in [0.4, 0.5) is 10.1 Å². The molecular weight excluding hydrogens is 259 g/mol. The highest BCUT2D eigenvalue weighted by Crippen LogP contribution is 2.32. The Morgan fingerprint density at radius 3 is 2.80 bits per heavy atom.